The smallest absolute Gasteiger partial charge is 0.338 e. The maximum absolute atomic E-state index is 13.7. The van der Waals surface area contributed by atoms with Gasteiger partial charge in [0.25, 0.3) is 5.56 Å². The van der Waals surface area contributed by atoms with E-state index in [0.717, 1.165) is 4.47 Å². The number of nitrogens with zero attached hydrogens (tertiary/aromatic N) is 2. The number of hydrogen-bond donors (Lipinski definition) is 1. The number of aromatic nitrogens is 1. The molecule has 2 aromatic carbocycles. The van der Waals surface area contributed by atoms with E-state index in [-0.39, 0.29) is 30.3 Å². The molecule has 8 nitrogen and oxygen atoms in total. The first-order chi connectivity index (χ1) is 16.8. The predicted octanol–water partition coefficient (Wildman–Crippen LogP) is 3.60. The zero-order valence-corrected chi connectivity index (χ0v) is 23.1. The Morgan fingerprint density at radius 2 is 2.11 bits per heavy atom. The van der Waals surface area contributed by atoms with Gasteiger partial charge in [-0.05, 0) is 72.3 Å². The number of halogens is 2. The molecule has 0 saturated heterocycles. The van der Waals surface area contributed by atoms with E-state index in [9.17, 15) is 14.7 Å². The Bertz CT molecular complexity index is 1590. The van der Waals surface area contributed by atoms with E-state index in [2.05, 4.69) is 20.9 Å². The Hall–Kier alpha value is -2.64. The van der Waals surface area contributed by atoms with Crippen molar-refractivity contribution in [3.8, 4) is 17.2 Å². The molecule has 0 spiro atoms. The number of benzene rings is 2. The number of thiazole rings is 1. The van der Waals surface area contributed by atoms with Gasteiger partial charge in [-0.1, -0.05) is 33.3 Å². The van der Waals surface area contributed by atoms with Crippen molar-refractivity contribution in [2.24, 2.45) is 4.99 Å². The lowest BCUT2D eigenvalue weighted by molar-refractivity contribution is -0.139. The molecule has 1 atom stereocenters. The molecule has 5 rings (SSSR count). The van der Waals surface area contributed by atoms with Gasteiger partial charge in [0, 0.05) is 10.0 Å². The van der Waals surface area contributed by atoms with E-state index in [1.807, 2.05) is 22.6 Å². The summed E-state index contributed by atoms with van der Waals surface area (Å²) in [6.45, 7) is 3.75. The summed E-state index contributed by atoms with van der Waals surface area (Å²) >= 11 is 6.65. The zero-order valence-electron chi connectivity index (χ0n) is 18.5. The lowest BCUT2D eigenvalue weighted by Crippen LogP contribution is -2.39. The van der Waals surface area contributed by atoms with Crippen LogP contribution in [0.5, 0.6) is 17.2 Å². The van der Waals surface area contributed by atoms with Gasteiger partial charge in [0.15, 0.2) is 16.3 Å². The maximum atomic E-state index is 13.7. The van der Waals surface area contributed by atoms with Crippen molar-refractivity contribution in [3.63, 3.8) is 0 Å². The summed E-state index contributed by atoms with van der Waals surface area (Å²) in [6, 6.07) is 8.08. The number of phenols is 1. The topological polar surface area (TPSA) is 99.4 Å². The van der Waals surface area contributed by atoms with Gasteiger partial charge >= 0.3 is 5.97 Å². The van der Waals surface area contributed by atoms with Crippen LogP contribution in [0.25, 0.3) is 6.08 Å². The summed E-state index contributed by atoms with van der Waals surface area (Å²) in [6.07, 6.45) is 1.63. The number of allylic oxidation sites excluding steroid dienone is 1. The highest BCUT2D eigenvalue weighted by molar-refractivity contribution is 14.1. The standard InChI is InChI=1S/C24H18BrIN2O6S/c1-3-32-23(31)19-11(2)27-24-28(20(19)12-4-5-16-17(7-12)34-10-33-16)22(30)18(35-24)8-13-6-14(25)9-15(26)21(13)29/h4-9,20,29H,3,10H2,1-2H3/b18-8+. The summed E-state index contributed by atoms with van der Waals surface area (Å²) in [7, 11) is 0. The molecular formula is C24H18BrIN2O6S. The van der Waals surface area contributed by atoms with Crippen LogP contribution in [0.1, 0.15) is 31.0 Å². The van der Waals surface area contributed by atoms with Crippen molar-refractivity contribution in [1.82, 2.24) is 4.57 Å². The van der Waals surface area contributed by atoms with Crippen LogP contribution >= 0.6 is 49.9 Å². The summed E-state index contributed by atoms with van der Waals surface area (Å²) in [5.74, 6) is 0.677. The van der Waals surface area contributed by atoms with E-state index >= 15 is 0 Å². The van der Waals surface area contributed by atoms with Crippen LogP contribution in [0.4, 0.5) is 0 Å². The van der Waals surface area contributed by atoms with Gasteiger partial charge in [0.2, 0.25) is 6.79 Å². The molecule has 3 aromatic rings. The highest BCUT2D eigenvalue weighted by Crippen LogP contribution is 2.38. The van der Waals surface area contributed by atoms with E-state index < -0.39 is 12.0 Å². The molecule has 0 bridgehead atoms. The number of fused-ring (bicyclic) bond motifs is 2. The van der Waals surface area contributed by atoms with Crippen LogP contribution in [0.15, 0.2) is 55.9 Å². The van der Waals surface area contributed by atoms with E-state index in [0.29, 0.717) is 41.2 Å². The molecule has 2 aliphatic rings. The van der Waals surface area contributed by atoms with Crippen LogP contribution in [0, 0.1) is 3.57 Å². The molecule has 0 saturated carbocycles. The van der Waals surface area contributed by atoms with Gasteiger partial charge in [0.1, 0.15) is 5.75 Å². The number of rotatable bonds is 4. The average Bonchev–Trinajstić information content (AvgIpc) is 3.40. The highest BCUT2D eigenvalue weighted by atomic mass is 127. The molecule has 0 amide bonds. The zero-order chi connectivity index (χ0) is 24.9. The SMILES string of the molecule is CCOC(=O)C1=C(C)N=c2s/c(=C/c3cc(Br)cc(I)c3O)c(=O)n2C1c1ccc2c(c1)OCO2. The van der Waals surface area contributed by atoms with Crippen molar-refractivity contribution in [2.75, 3.05) is 13.4 Å². The van der Waals surface area contributed by atoms with Crippen LogP contribution in [-0.4, -0.2) is 29.0 Å². The number of aromatic hydroxyl groups is 1. The molecule has 180 valence electrons. The van der Waals surface area contributed by atoms with Gasteiger partial charge in [-0.2, -0.15) is 0 Å². The molecule has 0 aliphatic carbocycles. The number of hydrogen-bond acceptors (Lipinski definition) is 8. The third kappa shape index (κ3) is 4.29. The normalized spacial score (nSPS) is 16.8. The van der Waals surface area contributed by atoms with Crippen molar-refractivity contribution in [2.45, 2.75) is 19.9 Å². The lowest BCUT2D eigenvalue weighted by Gasteiger charge is -2.24. The average molecular weight is 669 g/mol. The van der Waals surface area contributed by atoms with Gasteiger partial charge in [-0.25, -0.2) is 9.79 Å². The summed E-state index contributed by atoms with van der Waals surface area (Å²) in [4.78, 5) is 31.7. The van der Waals surface area contributed by atoms with E-state index in [4.69, 9.17) is 14.2 Å². The van der Waals surface area contributed by atoms with Gasteiger partial charge in [-0.3, -0.25) is 9.36 Å². The molecule has 1 aromatic heterocycles. The number of carbonyl (C=O) groups is 1. The summed E-state index contributed by atoms with van der Waals surface area (Å²) in [5.41, 5.74) is 1.58. The molecular weight excluding hydrogens is 651 g/mol. The van der Waals surface area contributed by atoms with Gasteiger partial charge in [0.05, 0.1) is 32.0 Å². The quantitative estimate of drug-likeness (QED) is 0.337. The second-order valence-corrected chi connectivity index (χ2v) is 10.8. The number of phenolic OH excluding ortho intramolecular Hbond substituents is 1. The lowest BCUT2D eigenvalue weighted by atomic mass is 9.95. The van der Waals surface area contributed by atoms with Crippen molar-refractivity contribution >= 4 is 61.9 Å². The second-order valence-electron chi connectivity index (χ2n) is 7.74. The third-order valence-corrected chi connectivity index (χ3v) is 7.84. The van der Waals surface area contributed by atoms with Crippen LogP contribution < -0.4 is 24.4 Å². The van der Waals surface area contributed by atoms with Crippen LogP contribution in [-0.2, 0) is 9.53 Å². The summed E-state index contributed by atoms with van der Waals surface area (Å²) < 4.78 is 19.6. The number of carbonyl (C=O) groups excluding carboxylic acids is 1. The minimum atomic E-state index is -0.766. The second kappa shape index (κ2) is 9.43. The van der Waals surface area contributed by atoms with E-state index in [1.165, 1.54) is 15.9 Å². The Kier molecular flexibility index (Phi) is 6.49. The molecule has 3 heterocycles. The minimum absolute atomic E-state index is 0.0790. The fourth-order valence-corrected chi connectivity index (χ4v) is 6.62. The van der Waals surface area contributed by atoms with Crippen molar-refractivity contribution in [3.05, 3.63) is 80.5 Å². The first kappa shape index (κ1) is 24.1. The van der Waals surface area contributed by atoms with E-state index in [1.54, 1.807) is 50.3 Å². The van der Waals surface area contributed by atoms with Gasteiger partial charge < -0.3 is 19.3 Å². The predicted molar refractivity (Wildman–Crippen MR) is 141 cm³/mol. The Morgan fingerprint density at radius 1 is 1.34 bits per heavy atom. The highest BCUT2D eigenvalue weighted by Gasteiger charge is 2.34. The molecule has 0 radical (unpaired) electrons. The fraction of sp³-hybridized carbons (Fsp3) is 0.208. The Morgan fingerprint density at radius 3 is 2.89 bits per heavy atom. The third-order valence-electron chi connectivity index (χ3n) is 5.57. The molecule has 1 unspecified atom stereocenters. The first-order valence-corrected chi connectivity index (χ1v) is 13.2. The first-order valence-electron chi connectivity index (χ1n) is 10.6. The fourth-order valence-electron chi connectivity index (χ4n) is 4.03. The monoisotopic (exact) mass is 668 g/mol. The molecule has 2 aliphatic heterocycles. The van der Waals surface area contributed by atoms with Crippen LogP contribution in [0.3, 0.4) is 0 Å². The minimum Gasteiger partial charge on any atom is -0.506 e. The Balaban J connectivity index is 1.75. The largest absolute Gasteiger partial charge is 0.506 e. The number of ether oxygens (including phenoxy) is 3. The summed E-state index contributed by atoms with van der Waals surface area (Å²) in [5, 5.41) is 10.5. The molecule has 11 heteroatoms. The number of esters is 1. The van der Waals surface area contributed by atoms with Crippen molar-refractivity contribution < 1.29 is 24.1 Å². The molecule has 35 heavy (non-hydrogen) atoms. The van der Waals surface area contributed by atoms with Gasteiger partial charge in [-0.15, -0.1) is 0 Å². The Labute approximate surface area is 225 Å². The maximum Gasteiger partial charge on any atom is 0.338 e. The molecule has 1 N–H and O–H groups in total. The molecule has 0 fully saturated rings. The van der Waals surface area contributed by atoms with Crippen molar-refractivity contribution in [1.29, 1.82) is 0 Å². The van der Waals surface area contributed by atoms with Crippen LogP contribution in [0.2, 0.25) is 0 Å².